The fourth-order valence-electron chi connectivity index (χ4n) is 3.56. The van der Waals surface area contributed by atoms with Gasteiger partial charge < -0.3 is 15.4 Å². The molecule has 0 bridgehead atoms. The molecule has 0 atom stereocenters. The summed E-state index contributed by atoms with van der Waals surface area (Å²) in [5.74, 6) is -0.316. The van der Waals surface area contributed by atoms with Crippen molar-refractivity contribution in [1.82, 2.24) is 9.97 Å². The van der Waals surface area contributed by atoms with Crippen LogP contribution < -0.4 is 15.4 Å². The highest BCUT2D eigenvalue weighted by Gasteiger charge is 2.31. The topological polar surface area (TPSA) is 93.2 Å². The van der Waals surface area contributed by atoms with Crippen molar-refractivity contribution in [2.75, 3.05) is 10.6 Å². The van der Waals surface area contributed by atoms with Crippen LogP contribution in [0.15, 0.2) is 48.8 Å². The second kappa shape index (κ2) is 10.9. The first-order valence-corrected chi connectivity index (χ1v) is 11.7. The summed E-state index contributed by atoms with van der Waals surface area (Å²) in [7, 11) is 0. The van der Waals surface area contributed by atoms with Gasteiger partial charge >= 0.3 is 6.18 Å². The van der Waals surface area contributed by atoms with Crippen molar-refractivity contribution in [2.24, 2.45) is 5.92 Å². The lowest BCUT2D eigenvalue weighted by Gasteiger charge is -2.11. The molecule has 3 aromatic rings. The molecule has 1 aliphatic carbocycles. The number of aryl methyl sites for hydroxylation is 2. The summed E-state index contributed by atoms with van der Waals surface area (Å²) in [5.41, 5.74) is 0.0210. The van der Waals surface area contributed by atoms with E-state index in [-0.39, 0.29) is 18.2 Å². The third-order valence-electron chi connectivity index (χ3n) is 5.67. The molecule has 4 rings (SSSR count). The van der Waals surface area contributed by atoms with Crippen LogP contribution in [0.3, 0.4) is 0 Å². The van der Waals surface area contributed by atoms with Gasteiger partial charge in [0.05, 0.1) is 11.3 Å². The van der Waals surface area contributed by atoms with Crippen LogP contribution in [0.1, 0.15) is 42.4 Å². The quantitative estimate of drug-likeness (QED) is 0.338. The van der Waals surface area contributed by atoms with Gasteiger partial charge in [0.1, 0.15) is 17.4 Å². The first kappa shape index (κ1) is 26.1. The van der Waals surface area contributed by atoms with Crippen molar-refractivity contribution in [3.8, 4) is 11.6 Å². The number of carbonyl (C=O) groups is 2. The second-order valence-corrected chi connectivity index (χ2v) is 8.80. The molecule has 0 aliphatic heterocycles. The van der Waals surface area contributed by atoms with E-state index in [4.69, 9.17) is 4.74 Å². The van der Waals surface area contributed by atoms with E-state index < -0.39 is 29.2 Å². The summed E-state index contributed by atoms with van der Waals surface area (Å²) >= 11 is 0. The number of pyridine rings is 2. The Morgan fingerprint density at radius 1 is 1.08 bits per heavy atom. The van der Waals surface area contributed by atoms with Crippen LogP contribution in [-0.4, -0.2) is 21.8 Å². The van der Waals surface area contributed by atoms with Gasteiger partial charge in [0.15, 0.2) is 0 Å². The molecule has 0 spiro atoms. The van der Waals surface area contributed by atoms with E-state index in [0.717, 1.165) is 24.0 Å². The third-order valence-corrected chi connectivity index (χ3v) is 5.67. The maximum atomic E-state index is 13.8. The summed E-state index contributed by atoms with van der Waals surface area (Å²) in [5, 5.41) is 4.96. The Labute approximate surface area is 210 Å². The van der Waals surface area contributed by atoms with Crippen molar-refractivity contribution in [1.29, 1.82) is 0 Å². The van der Waals surface area contributed by atoms with Crippen molar-refractivity contribution in [3.63, 3.8) is 0 Å². The number of amides is 2. The highest BCUT2D eigenvalue weighted by atomic mass is 19.4. The van der Waals surface area contributed by atoms with E-state index >= 15 is 0 Å². The lowest BCUT2D eigenvalue weighted by molar-refractivity contribution is -0.137. The van der Waals surface area contributed by atoms with Gasteiger partial charge in [-0.15, -0.1) is 0 Å². The molecule has 37 heavy (non-hydrogen) atoms. The number of halogens is 4. The Bertz CT molecular complexity index is 1310. The normalized spacial score (nSPS) is 13.2. The first-order valence-electron chi connectivity index (χ1n) is 11.7. The molecule has 1 saturated carbocycles. The number of benzene rings is 1. The van der Waals surface area contributed by atoms with Crippen LogP contribution in [0.2, 0.25) is 0 Å². The molecule has 1 aromatic carbocycles. The monoisotopic (exact) mass is 516 g/mol. The lowest BCUT2D eigenvalue weighted by atomic mass is 10.1. The van der Waals surface area contributed by atoms with Crippen LogP contribution in [0.4, 0.5) is 29.1 Å². The number of rotatable bonds is 9. The number of alkyl halides is 3. The first-order chi connectivity index (χ1) is 17.6. The van der Waals surface area contributed by atoms with Gasteiger partial charge in [0.25, 0.3) is 0 Å². The van der Waals surface area contributed by atoms with Gasteiger partial charge in [0, 0.05) is 36.4 Å². The minimum atomic E-state index is -4.64. The summed E-state index contributed by atoms with van der Waals surface area (Å²) in [6, 6.07) is 6.98. The number of aromatic nitrogens is 2. The smallest absolute Gasteiger partial charge is 0.416 e. The zero-order valence-corrected chi connectivity index (χ0v) is 19.9. The van der Waals surface area contributed by atoms with Crippen molar-refractivity contribution in [2.45, 2.75) is 45.2 Å². The third kappa shape index (κ3) is 7.25. The van der Waals surface area contributed by atoms with E-state index in [0.29, 0.717) is 48.5 Å². The van der Waals surface area contributed by atoms with Crippen molar-refractivity contribution >= 4 is 23.3 Å². The zero-order chi connectivity index (χ0) is 26.6. The minimum Gasteiger partial charge on any atom is -0.439 e. The molecule has 1 fully saturated rings. The van der Waals surface area contributed by atoms with Gasteiger partial charge in [-0.1, -0.05) is 0 Å². The van der Waals surface area contributed by atoms with Crippen LogP contribution in [-0.2, 0) is 22.2 Å². The molecule has 2 aromatic heterocycles. The van der Waals surface area contributed by atoms with E-state index in [2.05, 4.69) is 20.6 Å². The average molecular weight is 516 g/mol. The molecular formula is C26H24F4N4O3. The van der Waals surface area contributed by atoms with Gasteiger partial charge in [-0.05, 0) is 68.5 Å². The zero-order valence-electron chi connectivity index (χ0n) is 19.9. The predicted octanol–water partition coefficient (Wildman–Crippen LogP) is 6.05. The van der Waals surface area contributed by atoms with Crippen LogP contribution in [0.5, 0.6) is 11.6 Å². The SMILES string of the molecule is Cc1cc(CCCC(=O)Nc2cc(C(F)(F)F)ccc2F)cnc1Oc1ccnc(NC(=O)C2CC2)c1. The molecule has 7 nitrogen and oxygen atoms in total. The lowest BCUT2D eigenvalue weighted by Crippen LogP contribution is -2.14. The summed E-state index contributed by atoms with van der Waals surface area (Å²) in [6.45, 7) is 1.81. The van der Waals surface area contributed by atoms with E-state index in [1.54, 1.807) is 18.3 Å². The molecule has 194 valence electrons. The van der Waals surface area contributed by atoms with Gasteiger partial charge in [-0.2, -0.15) is 13.2 Å². The van der Waals surface area contributed by atoms with Gasteiger partial charge in [0.2, 0.25) is 17.7 Å². The van der Waals surface area contributed by atoms with E-state index in [1.807, 2.05) is 13.0 Å². The molecule has 11 heteroatoms. The van der Waals surface area contributed by atoms with E-state index in [1.165, 1.54) is 6.20 Å². The molecule has 2 heterocycles. The Kier molecular flexibility index (Phi) is 7.70. The maximum Gasteiger partial charge on any atom is 0.416 e. The summed E-state index contributed by atoms with van der Waals surface area (Å²) < 4.78 is 58.2. The van der Waals surface area contributed by atoms with Gasteiger partial charge in [-0.3, -0.25) is 9.59 Å². The molecular weight excluding hydrogens is 492 g/mol. The largest absolute Gasteiger partial charge is 0.439 e. The predicted molar refractivity (Wildman–Crippen MR) is 128 cm³/mol. The van der Waals surface area contributed by atoms with Crippen LogP contribution in [0.25, 0.3) is 0 Å². The Morgan fingerprint density at radius 2 is 1.86 bits per heavy atom. The number of anilines is 2. The Hall–Kier alpha value is -4.02. The molecule has 2 amide bonds. The minimum absolute atomic E-state index is 0.0145. The Balaban J connectivity index is 1.29. The fourth-order valence-corrected chi connectivity index (χ4v) is 3.56. The average Bonchev–Trinajstić information content (AvgIpc) is 3.67. The highest BCUT2D eigenvalue weighted by Crippen LogP contribution is 2.32. The van der Waals surface area contributed by atoms with Crippen molar-refractivity contribution < 1.29 is 31.9 Å². The number of nitrogens with one attached hydrogen (secondary N) is 2. The standard InChI is InChI=1S/C26H24F4N4O3/c1-15-11-16(3-2-4-23(35)33-21-12-18(26(28,29)30)7-8-20(21)27)14-32-25(15)37-19-9-10-31-22(13-19)34-24(36)17-5-6-17/h7-14,17H,2-6H2,1H3,(H,33,35)(H,31,34,36). The number of nitrogens with zero attached hydrogens (tertiary/aromatic N) is 2. The molecule has 0 unspecified atom stereocenters. The van der Waals surface area contributed by atoms with Crippen LogP contribution >= 0.6 is 0 Å². The molecule has 0 saturated heterocycles. The molecule has 1 aliphatic rings. The number of hydrogen-bond donors (Lipinski definition) is 2. The van der Waals surface area contributed by atoms with E-state index in [9.17, 15) is 27.2 Å². The molecule has 2 N–H and O–H groups in total. The Morgan fingerprint density at radius 3 is 2.57 bits per heavy atom. The van der Waals surface area contributed by atoms with Crippen LogP contribution in [0, 0.1) is 18.7 Å². The maximum absolute atomic E-state index is 13.8. The summed E-state index contributed by atoms with van der Waals surface area (Å²) in [4.78, 5) is 32.5. The summed E-state index contributed by atoms with van der Waals surface area (Å²) in [6.07, 6.45) is 1.09. The highest BCUT2D eigenvalue weighted by molar-refractivity contribution is 5.93. The molecule has 0 radical (unpaired) electrons. The number of ether oxygens (including phenoxy) is 1. The number of carbonyl (C=O) groups excluding carboxylic acids is 2. The second-order valence-electron chi connectivity index (χ2n) is 8.80. The van der Waals surface area contributed by atoms with Gasteiger partial charge in [-0.25, -0.2) is 14.4 Å². The number of hydrogen-bond acceptors (Lipinski definition) is 5. The fraction of sp³-hybridized carbons (Fsp3) is 0.308. The van der Waals surface area contributed by atoms with Crippen molar-refractivity contribution in [3.05, 3.63) is 71.3 Å².